The molecule has 0 fully saturated rings. The van der Waals surface area contributed by atoms with Gasteiger partial charge < -0.3 is 11.1 Å². The van der Waals surface area contributed by atoms with Gasteiger partial charge in [0.2, 0.25) is 0 Å². The topological polar surface area (TPSA) is 38.0 Å². The summed E-state index contributed by atoms with van der Waals surface area (Å²) < 4.78 is 13.1. The van der Waals surface area contributed by atoms with Crippen LogP contribution in [-0.4, -0.2) is 6.26 Å². The fraction of sp³-hybridized carbons (Fsp3) is 0.0769. The highest BCUT2D eigenvalue weighted by molar-refractivity contribution is 7.98. The molecule has 0 saturated heterocycles. The van der Waals surface area contributed by atoms with E-state index in [1.54, 1.807) is 17.8 Å². The Morgan fingerprint density at radius 1 is 1.12 bits per heavy atom. The van der Waals surface area contributed by atoms with E-state index in [-0.39, 0.29) is 5.82 Å². The number of nitrogens with two attached hydrogens (primary N) is 1. The highest BCUT2D eigenvalue weighted by atomic mass is 32.2. The zero-order valence-corrected chi connectivity index (χ0v) is 10.2. The Labute approximate surface area is 104 Å². The number of hydrogen-bond acceptors (Lipinski definition) is 3. The molecule has 2 aromatic carbocycles. The Balaban J connectivity index is 2.34. The molecule has 0 bridgehead atoms. The molecule has 0 aromatic heterocycles. The fourth-order valence-corrected chi connectivity index (χ4v) is 2.08. The quantitative estimate of drug-likeness (QED) is 0.639. The monoisotopic (exact) mass is 248 g/mol. The van der Waals surface area contributed by atoms with Gasteiger partial charge in [-0.05, 0) is 36.6 Å². The molecular weight excluding hydrogens is 235 g/mol. The van der Waals surface area contributed by atoms with Crippen LogP contribution in [0.25, 0.3) is 0 Å². The smallest absolute Gasteiger partial charge is 0.125 e. The number of halogens is 1. The van der Waals surface area contributed by atoms with Gasteiger partial charge in [0.15, 0.2) is 0 Å². The maximum absolute atomic E-state index is 13.1. The van der Waals surface area contributed by atoms with E-state index in [1.165, 1.54) is 12.1 Å². The lowest BCUT2D eigenvalue weighted by Crippen LogP contribution is -1.97. The minimum Gasteiger partial charge on any atom is -0.397 e. The average Bonchev–Trinajstić information content (AvgIpc) is 2.34. The van der Waals surface area contributed by atoms with Crippen LogP contribution < -0.4 is 11.1 Å². The summed E-state index contributed by atoms with van der Waals surface area (Å²) in [6.45, 7) is 0. The molecule has 0 aliphatic carbocycles. The van der Waals surface area contributed by atoms with Gasteiger partial charge in [0.25, 0.3) is 0 Å². The first-order valence-electron chi connectivity index (χ1n) is 5.16. The first-order chi connectivity index (χ1) is 8.20. The van der Waals surface area contributed by atoms with E-state index in [2.05, 4.69) is 5.32 Å². The number of rotatable bonds is 3. The van der Waals surface area contributed by atoms with Crippen molar-refractivity contribution in [2.24, 2.45) is 0 Å². The maximum Gasteiger partial charge on any atom is 0.125 e. The van der Waals surface area contributed by atoms with Crippen molar-refractivity contribution in [3.63, 3.8) is 0 Å². The van der Waals surface area contributed by atoms with Crippen LogP contribution in [0, 0.1) is 5.82 Å². The molecule has 3 N–H and O–H groups in total. The maximum atomic E-state index is 13.1. The third-order valence-electron chi connectivity index (χ3n) is 2.39. The number of anilines is 3. The van der Waals surface area contributed by atoms with E-state index >= 15 is 0 Å². The molecule has 0 amide bonds. The van der Waals surface area contributed by atoms with Crippen LogP contribution in [0.4, 0.5) is 21.5 Å². The summed E-state index contributed by atoms with van der Waals surface area (Å²) >= 11 is 1.63. The highest BCUT2D eigenvalue weighted by Crippen LogP contribution is 2.30. The van der Waals surface area contributed by atoms with Crippen molar-refractivity contribution >= 4 is 28.8 Å². The second kappa shape index (κ2) is 5.10. The molecule has 0 heterocycles. The van der Waals surface area contributed by atoms with E-state index in [0.717, 1.165) is 10.6 Å². The molecule has 2 aromatic rings. The Bertz CT molecular complexity index is 529. The molecule has 2 nitrogen and oxygen atoms in total. The van der Waals surface area contributed by atoms with Gasteiger partial charge in [0, 0.05) is 4.90 Å². The summed E-state index contributed by atoms with van der Waals surface area (Å²) in [6, 6.07) is 12.1. The number of thioether (sulfide) groups is 1. The summed E-state index contributed by atoms with van der Waals surface area (Å²) in [5.74, 6) is -0.302. The molecule has 4 heteroatoms. The number of nitrogen functional groups attached to an aromatic ring is 1. The van der Waals surface area contributed by atoms with Crippen LogP contribution >= 0.6 is 11.8 Å². The summed E-state index contributed by atoms with van der Waals surface area (Å²) in [7, 11) is 0. The van der Waals surface area contributed by atoms with Crippen molar-refractivity contribution in [1.82, 2.24) is 0 Å². The minimum absolute atomic E-state index is 0.302. The van der Waals surface area contributed by atoms with Crippen LogP contribution in [0.5, 0.6) is 0 Å². The Morgan fingerprint density at radius 2 is 1.88 bits per heavy atom. The Hall–Kier alpha value is -1.68. The van der Waals surface area contributed by atoms with E-state index < -0.39 is 0 Å². The van der Waals surface area contributed by atoms with Gasteiger partial charge in [-0.2, -0.15) is 0 Å². The summed E-state index contributed by atoms with van der Waals surface area (Å²) in [5, 5.41) is 3.15. The Kier molecular flexibility index (Phi) is 3.54. The summed E-state index contributed by atoms with van der Waals surface area (Å²) in [6.07, 6.45) is 2.00. The van der Waals surface area contributed by atoms with Gasteiger partial charge in [-0.25, -0.2) is 4.39 Å². The predicted octanol–water partition coefficient (Wildman–Crippen LogP) is 3.87. The van der Waals surface area contributed by atoms with Gasteiger partial charge in [0.1, 0.15) is 5.82 Å². The van der Waals surface area contributed by atoms with Crippen molar-refractivity contribution in [3.05, 3.63) is 48.3 Å². The van der Waals surface area contributed by atoms with Gasteiger partial charge in [-0.1, -0.05) is 12.1 Å². The van der Waals surface area contributed by atoms with Crippen LogP contribution in [-0.2, 0) is 0 Å². The third kappa shape index (κ3) is 2.71. The lowest BCUT2D eigenvalue weighted by molar-refractivity contribution is 0.628. The van der Waals surface area contributed by atoms with Crippen LogP contribution in [0.15, 0.2) is 47.4 Å². The lowest BCUT2D eigenvalue weighted by atomic mass is 10.2. The standard InChI is InChI=1S/C13H13FN2S/c1-17-13-5-3-2-4-11(13)16-12-8-9(14)6-7-10(12)15/h2-8,16H,15H2,1H3. The van der Waals surface area contributed by atoms with Gasteiger partial charge in [-0.3, -0.25) is 0 Å². The zero-order valence-electron chi connectivity index (χ0n) is 9.41. The van der Waals surface area contributed by atoms with Crippen LogP contribution in [0.1, 0.15) is 0 Å². The second-order valence-electron chi connectivity index (χ2n) is 3.56. The Morgan fingerprint density at radius 3 is 2.65 bits per heavy atom. The van der Waals surface area contributed by atoms with E-state index in [9.17, 15) is 4.39 Å². The number of para-hydroxylation sites is 1. The van der Waals surface area contributed by atoms with Crippen LogP contribution in [0.2, 0.25) is 0 Å². The van der Waals surface area contributed by atoms with Crippen LogP contribution in [0.3, 0.4) is 0 Å². The highest BCUT2D eigenvalue weighted by Gasteiger charge is 2.04. The van der Waals surface area contributed by atoms with Crippen molar-refractivity contribution in [2.75, 3.05) is 17.3 Å². The molecule has 17 heavy (non-hydrogen) atoms. The lowest BCUT2D eigenvalue weighted by Gasteiger charge is -2.12. The normalized spacial score (nSPS) is 10.2. The van der Waals surface area contributed by atoms with Crippen molar-refractivity contribution < 1.29 is 4.39 Å². The molecule has 0 radical (unpaired) electrons. The predicted molar refractivity (Wildman–Crippen MR) is 72.3 cm³/mol. The van der Waals surface area contributed by atoms with E-state index in [0.29, 0.717) is 11.4 Å². The van der Waals surface area contributed by atoms with Gasteiger partial charge in [-0.15, -0.1) is 11.8 Å². The molecule has 0 atom stereocenters. The molecule has 0 aliphatic heterocycles. The molecule has 0 unspecified atom stereocenters. The molecule has 0 spiro atoms. The van der Waals surface area contributed by atoms with Crippen molar-refractivity contribution in [3.8, 4) is 0 Å². The first-order valence-corrected chi connectivity index (χ1v) is 6.38. The number of benzene rings is 2. The van der Waals surface area contributed by atoms with E-state index in [1.807, 2.05) is 30.5 Å². The summed E-state index contributed by atoms with van der Waals surface area (Å²) in [5.41, 5.74) is 7.84. The zero-order chi connectivity index (χ0) is 12.3. The largest absolute Gasteiger partial charge is 0.397 e. The molecule has 88 valence electrons. The number of hydrogen-bond donors (Lipinski definition) is 2. The second-order valence-corrected chi connectivity index (χ2v) is 4.40. The van der Waals surface area contributed by atoms with Gasteiger partial charge in [0.05, 0.1) is 17.1 Å². The molecule has 2 rings (SSSR count). The molecule has 0 saturated carbocycles. The SMILES string of the molecule is CSc1ccccc1Nc1cc(F)ccc1N. The number of nitrogens with one attached hydrogen (secondary N) is 1. The first kappa shape index (κ1) is 11.8. The van der Waals surface area contributed by atoms with Gasteiger partial charge >= 0.3 is 0 Å². The fourth-order valence-electron chi connectivity index (χ4n) is 1.53. The van der Waals surface area contributed by atoms with E-state index in [4.69, 9.17) is 5.73 Å². The van der Waals surface area contributed by atoms with Crippen molar-refractivity contribution in [1.29, 1.82) is 0 Å². The van der Waals surface area contributed by atoms with Crippen molar-refractivity contribution in [2.45, 2.75) is 4.90 Å². The summed E-state index contributed by atoms with van der Waals surface area (Å²) in [4.78, 5) is 1.09. The minimum atomic E-state index is -0.302. The third-order valence-corrected chi connectivity index (χ3v) is 3.19. The molecule has 0 aliphatic rings. The molecular formula is C13H13FN2S. The average molecular weight is 248 g/mol.